The van der Waals surface area contributed by atoms with Gasteiger partial charge in [0.2, 0.25) is 11.9 Å². The molecule has 0 N–H and O–H groups in total. The summed E-state index contributed by atoms with van der Waals surface area (Å²) in [6.45, 7) is 8.79. The Morgan fingerprint density at radius 2 is 1.62 bits per heavy atom. The van der Waals surface area contributed by atoms with Crippen LogP contribution in [-0.4, -0.2) is 64.9 Å². The van der Waals surface area contributed by atoms with Crippen LogP contribution in [0.2, 0.25) is 0 Å². The van der Waals surface area contributed by atoms with Crippen LogP contribution in [0.3, 0.4) is 0 Å². The fourth-order valence-electron chi connectivity index (χ4n) is 3.49. The first kappa shape index (κ1) is 18.3. The van der Waals surface area contributed by atoms with E-state index in [9.17, 15) is 4.79 Å². The van der Waals surface area contributed by atoms with Crippen molar-refractivity contribution < 1.29 is 4.79 Å². The van der Waals surface area contributed by atoms with Gasteiger partial charge in [0.1, 0.15) is 6.04 Å². The summed E-state index contributed by atoms with van der Waals surface area (Å²) in [6, 6.07) is 11.7. The number of nitrogens with zero attached hydrogens (tertiary/aromatic N) is 5. The zero-order chi connectivity index (χ0) is 18.4. The summed E-state index contributed by atoms with van der Waals surface area (Å²) in [5.41, 5.74) is 1.06. The first-order chi connectivity index (χ1) is 12.7. The number of rotatable bonds is 6. The quantitative estimate of drug-likeness (QED) is 0.797. The van der Waals surface area contributed by atoms with Gasteiger partial charge in [-0.25, -0.2) is 9.97 Å². The first-order valence-corrected chi connectivity index (χ1v) is 9.34. The molecule has 1 saturated heterocycles. The number of amides is 1. The zero-order valence-corrected chi connectivity index (χ0v) is 15.6. The van der Waals surface area contributed by atoms with Crippen molar-refractivity contribution in [1.82, 2.24) is 19.8 Å². The van der Waals surface area contributed by atoms with Crippen LogP contribution in [0.4, 0.5) is 5.95 Å². The van der Waals surface area contributed by atoms with Crippen LogP contribution >= 0.6 is 0 Å². The van der Waals surface area contributed by atoms with Crippen LogP contribution in [0.15, 0.2) is 48.8 Å². The molecule has 2 aromatic rings. The highest BCUT2D eigenvalue weighted by Crippen LogP contribution is 2.25. The number of piperazine rings is 1. The molecule has 0 aliphatic carbocycles. The highest BCUT2D eigenvalue weighted by Gasteiger charge is 2.32. The average Bonchev–Trinajstić information content (AvgIpc) is 2.71. The molecule has 6 heteroatoms. The Balaban J connectivity index is 1.77. The third-order valence-electron chi connectivity index (χ3n) is 4.94. The molecule has 26 heavy (non-hydrogen) atoms. The van der Waals surface area contributed by atoms with Crippen molar-refractivity contribution in [2.75, 3.05) is 44.2 Å². The number of carbonyl (C=O) groups is 1. The van der Waals surface area contributed by atoms with Crippen LogP contribution < -0.4 is 4.90 Å². The maximum Gasteiger partial charge on any atom is 0.244 e. The highest BCUT2D eigenvalue weighted by atomic mass is 16.2. The van der Waals surface area contributed by atoms with E-state index < -0.39 is 0 Å². The van der Waals surface area contributed by atoms with E-state index in [0.29, 0.717) is 0 Å². The molecule has 0 saturated carbocycles. The van der Waals surface area contributed by atoms with Gasteiger partial charge >= 0.3 is 0 Å². The Hall–Kier alpha value is -2.47. The maximum absolute atomic E-state index is 13.2. The van der Waals surface area contributed by atoms with E-state index in [4.69, 9.17) is 0 Å². The van der Waals surface area contributed by atoms with Crippen molar-refractivity contribution in [2.45, 2.75) is 19.9 Å². The summed E-state index contributed by atoms with van der Waals surface area (Å²) in [5, 5.41) is 0. The molecule has 1 fully saturated rings. The minimum atomic E-state index is -0.227. The number of carbonyl (C=O) groups excluding carboxylic acids is 1. The Bertz CT molecular complexity index is 682. The molecule has 3 rings (SSSR count). The lowest BCUT2D eigenvalue weighted by Gasteiger charge is -2.40. The van der Waals surface area contributed by atoms with Crippen LogP contribution in [0, 0.1) is 0 Å². The molecular weight excluding hydrogens is 326 g/mol. The molecule has 0 bridgehead atoms. The molecule has 0 spiro atoms. The van der Waals surface area contributed by atoms with E-state index in [1.165, 1.54) is 0 Å². The molecule has 0 radical (unpaired) electrons. The van der Waals surface area contributed by atoms with E-state index >= 15 is 0 Å². The second-order valence-electron chi connectivity index (χ2n) is 6.40. The zero-order valence-electron chi connectivity index (χ0n) is 15.6. The van der Waals surface area contributed by atoms with Gasteiger partial charge in [-0.2, -0.15) is 0 Å². The monoisotopic (exact) mass is 353 g/mol. The number of likely N-dealkylation sites (N-methyl/N-ethyl adjacent to an activating group) is 1. The molecular formula is C20H27N5O. The van der Waals surface area contributed by atoms with Crippen LogP contribution in [0.1, 0.15) is 25.5 Å². The predicted molar refractivity (Wildman–Crippen MR) is 103 cm³/mol. The van der Waals surface area contributed by atoms with Crippen molar-refractivity contribution >= 4 is 11.9 Å². The molecule has 1 aliphatic rings. The van der Waals surface area contributed by atoms with Gasteiger partial charge in [-0.1, -0.05) is 30.3 Å². The average molecular weight is 353 g/mol. The molecule has 138 valence electrons. The third kappa shape index (κ3) is 4.02. The Morgan fingerprint density at radius 3 is 2.19 bits per heavy atom. The number of hydrogen-bond acceptors (Lipinski definition) is 5. The summed E-state index contributed by atoms with van der Waals surface area (Å²) in [4.78, 5) is 28.3. The van der Waals surface area contributed by atoms with Gasteiger partial charge in [-0.05, 0) is 25.5 Å². The van der Waals surface area contributed by atoms with Crippen molar-refractivity contribution in [1.29, 1.82) is 0 Å². The lowest BCUT2D eigenvalue weighted by atomic mass is 10.0. The number of aromatic nitrogens is 2. The topological polar surface area (TPSA) is 52.6 Å². The van der Waals surface area contributed by atoms with Crippen LogP contribution in [0.25, 0.3) is 0 Å². The minimum Gasteiger partial charge on any atom is -0.342 e. The lowest BCUT2D eigenvalue weighted by molar-refractivity contribution is -0.137. The van der Waals surface area contributed by atoms with Crippen molar-refractivity contribution in [3.05, 3.63) is 54.4 Å². The summed E-state index contributed by atoms with van der Waals surface area (Å²) >= 11 is 0. The molecule has 1 aromatic carbocycles. The van der Waals surface area contributed by atoms with Gasteiger partial charge in [0.15, 0.2) is 0 Å². The second kappa shape index (κ2) is 8.76. The third-order valence-corrected chi connectivity index (χ3v) is 4.94. The molecule has 1 amide bonds. The van der Waals surface area contributed by atoms with Gasteiger partial charge < -0.3 is 9.80 Å². The molecule has 6 nitrogen and oxygen atoms in total. The van der Waals surface area contributed by atoms with Crippen molar-refractivity contribution in [2.24, 2.45) is 0 Å². The Kier molecular flexibility index (Phi) is 6.17. The van der Waals surface area contributed by atoms with Gasteiger partial charge in [-0.15, -0.1) is 0 Å². The lowest BCUT2D eigenvalue weighted by Crippen LogP contribution is -2.52. The summed E-state index contributed by atoms with van der Waals surface area (Å²) in [7, 11) is 0. The molecule has 1 aliphatic heterocycles. The number of hydrogen-bond donors (Lipinski definition) is 0. The molecule has 1 unspecified atom stereocenters. The van der Waals surface area contributed by atoms with Gasteiger partial charge in [0.05, 0.1) is 0 Å². The van der Waals surface area contributed by atoms with Crippen molar-refractivity contribution in [3.63, 3.8) is 0 Å². The fourth-order valence-corrected chi connectivity index (χ4v) is 3.49. The minimum absolute atomic E-state index is 0.186. The van der Waals surface area contributed by atoms with E-state index in [2.05, 4.69) is 31.9 Å². The van der Waals surface area contributed by atoms with E-state index in [1.54, 1.807) is 12.4 Å². The van der Waals surface area contributed by atoms with Gasteiger partial charge in [0, 0.05) is 51.7 Å². The smallest absolute Gasteiger partial charge is 0.244 e. The van der Waals surface area contributed by atoms with E-state index in [0.717, 1.165) is 50.8 Å². The van der Waals surface area contributed by atoms with Crippen molar-refractivity contribution in [3.8, 4) is 0 Å². The summed E-state index contributed by atoms with van der Waals surface area (Å²) < 4.78 is 0. The maximum atomic E-state index is 13.2. The van der Waals surface area contributed by atoms with E-state index in [-0.39, 0.29) is 11.9 Å². The van der Waals surface area contributed by atoms with E-state index in [1.807, 2.05) is 43.0 Å². The van der Waals surface area contributed by atoms with Gasteiger partial charge in [-0.3, -0.25) is 9.69 Å². The molecule has 1 atom stereocenters. The largest absolute Gasteiger partial charge is 0.342 e. The Labute approximate surface area is 155 Å². The SMILES string of the molecule is CCN(CC)C(=O)C(c1ccccc1)N1CCN(c2ncccn2)CC1. The van der Waals surface area contributed by atoms with Gasteiger partial charge in [0.25, 0.3) is 0 Å². The fraction of sp³-hybridized carbons (Fsp3) is 0.450. The summed E-state index contributed by atoms with van der Waals surface area (Å²) in [6.07, 6.45) is 3.54. The molecule has 1 aromatic heterocycles. The standard InChI is InChI=1S/C20H27N5O/c1-3-23(4-2)19(26)18(17-9-6-5-7-10-17)24-13-15-25(16-14-24)20-21-11-8-12-22-20/h5-12,18H,3-4,13-16H2,1-2H3. The van der Waals surface area contributed by atoms with Crippen LogP contribution in [0.5, 0.6) is 0 Å². The molecule has 2 heterocycles. The number of anilines is 1. The second-order valence-corrected chi connectivity index (χ2v) is 6.40. The predicted octanol–water partition coefficient (Wildman–Crippen LogP) is 2.21. The summed E-state index contributed by atoms with van der Waals surface area (Å²) in [5.74, 6) is 0.948. The highest BCUT2D eigenvalue weighted by molar-refractivity contribution is 5.83. The normalized spacial score (nSPS) is 16.3. The Morgan fingerprint density at radius 1 is 1.00 bits per heavy atom. The first-order valence-electron chi connectivity index (χ1n) is 9.34. The van der Waals surface area contributed by atoms with Crippen LogP contribution in [-0.2, 0) is 4.79 Å². The number of benzene rings is 1.